The Bertz CT molecular complexity index is 952. The minimum absolute atomic E-state index is 0.310. The second-order valence-electron chi connectivity index (χ2n) is 7.17. The van der Waals surface area contributed by atoms with Crippen molar-refractivity contribution in [1.29, 1.82) is 0 Å². The summed E-state index contributed by atoms with van der Waals surface area (Å²) < 4.78 is 7.63. The fourth-order valence-corrected chi connectivity index (χ4v) is 5.10. The molecular weight excluding hydrogens is 358 g/mol. The molecule has 27 heavy (non-hydrogen) atoms. The van der Waals surface area contributed by atoms with Gasteiger partial charge in [0, 0.05) is 17.9 Å². The largest absolute Gasteiger partial charge is 0.377 e. The lowest BCUT2D eigenvalue weighted by Crippen LogP contribution is -2.44. The van der Waals surface area contributed by atoms with Crippen molar-refractivity contribution in [1.82, 2.24) is 19.5 Å². The van der Waals surface area contributed by atoms with Crippen molar-refractivity contribution in [2.45, 2.75) is 31.1 Å². The van der Waals surface area contributed by atoms with Crippen LogP contribution in [0.2, 0.25) is 0 Å². The maximum atomic E-state index is 5.62. The maximum absolute atomic E-state index is 5.62. The lowest BCUT2D eigenvalue weighted by atomic mass is 10.2. The van der Waals surface area contributed by atoms with Crippen molar-refractivity contribution in [2.24, 2.45) is 0 Å². The summed E-state index contributed by atoms with van der Waals surface area (Å²) in [7, 11) is 0. The van der Waals surface area contributed by atoms with E-state index in [9.17, 15) is 0 Å². The van der Waals surface area contributed by atoms with Gasteiger partial charge in [0.2, 0.25) is 5.95 Å². The van der Waals surface area contributed by atoms with E-state index in [2.05, 4.69) is 28.9 Å². The highest BCUT2D eigenvalue weighted by molar-refractivity contribution is 7.99. The molecule has 0 aliphatic carbocycles. The lowest BCUT2D eigenvalue weighted by Gasteiger charge is -2.34. The molecule has 0 amide bonds. The topological polar surface area (TPSA) is 56.1 Å². The van der Waals surface area contributed by atoms with Crippen molar-refractivity contribution in [3.63, 3.8) is 0 Å². The second-order valence-corrected chi connectivity index (χ2v) is 8.48. The number of imidazole rings is 1. The Morgan fingerprint density at radius 2 is 2.15 bits per heavy atom. The number of ether oxygens (including phenoxy) is 1. The fourth-order valence-electron chi connectivity index (χ4n) is 3.86. The first-order chi connectivity index (χ1) is 13.3. The molecule has 6 nitrogen and oxygen atoms in total. The molecule has 0 saturated carbocycles. The number of aromatic nitrogens is 4. The molecule has 2 fully saturated rings. The highest BCUT2D eigenvalue weighted by Crippen LogP contribution is 2.40. The van der Waals surface area contributed by atoms with Crippen LogP contribution >= 0.6 is 11.8 Å². The van der Waals surface area contributed by atoms with E-state index in [1.165, 1.54) is 18.6 Å². The molecule has 3 aromatic rings. The number of hydrogen-bond acceptors (Lipinski definition) is 6. The molecule has 2 aliphatic rings. The zero-order valence-electron chi connectivity index (χ0n) is 15.4. The van der Waals surface area contributed by atoms with Gasteiger partial charge in [0.25, 0.3) is 0 Å². The Morgan fingerprint density at radius 1 is 1.22 bits per heavy atom. The first-order valence-electron chi connectivity index (χ1n) is 9.57. The zero-order valence-corrected chi connectivity index (χ0v) is 16.2. The minimum atomic E-state index is 0.310. The average Bonchev–Trinajstić information content (AvgIpc) is 3.38. The number of hydrogen-bond donors (Lipinski definition) is 0. The van der Waals surface area contributed by atoms with Gasteiger partial charge >= 0.3 is 0 Å². The second kappa shape index (κ2) is 7.13. The predicted octanol–water partition coefficient (Wildman–Crippen LogP) is 3.61. The van der Waals surface area contributed by atoms with Gasteiger partial charge in [-0.15, -0.1) is 0 Å². The van der Waals surface area contributed by atoms with Gasteiger partial charge < -0.3 is 9.64 Å². The van der Waals surface area contributed by atoms with Crippen LogP contribution in [0, 0.1) is 0 Å². The Hall–Kier alpha value is -2.12. The van der Waals surface area contributed by atoms with Gasteiger partial charge in [-0.1, -0.05) is 12.1 Å². The summed E-state index contributed by atoms with van der Waals surface area (Å²) >= 11 is 2.00. The molecule has 2 unspecified atom stereocenters. The van der Waals surface area contributed by atoms with Crippen molar-refractivity contribution in [3.8, 4) is 5.95 Å². The van der Waals surface area contributed by atoms with Crippen LogP contribution in [0.25, 0.3) is 17.0 Å². The smallest absolute Gasteiger partial charge is 0.237 e. The number of thioether (sulfide) groups is 1. The summed E-state index contributed by atoms with van der Waals surface area (Å²) in [5.41, 5.74) is 3.13. The van der Waals surface area contributed by atoms with Crippen LogP contribution in [0.15, 0.2) is 36.7 Å². The van der Waals surface area contributed by atoms with E-state index >= 15 is 0 Å². The van der Waals surface area contributed by atoms with Crippen LogP contribution < -0.4 is 4.90 Å². The van der Waals surface area contributed by atoms with E-state index in [0.29, 0.717) is 17.2 Å². The highest BCUT2D eigenvalue weighted by atomic mass is 32.2. The summed E-state index contributed by atoms with van der Waals surface area (Å²) in [6.45, 7) is 4.53. The number of rotatable bonds is 3. The maximum Gasteiger partial charge on any atom is 0.237 e. The number of morpholine rings is 1. The zero-order chi connectivity index (χ0) is 18.2. The number of fused-ring (bicyclic) bond motifs is 1. The summed E-state index contributed by atoms with van der Waals surface area (Å²) in [6.07, 6.45) is 4.27. The van der Waals surface area contributed by atoms with Crippen LogP contribution in [0.5, 0.6) is 0 Å². The van der Waals surface area contributed by atoms with Gasteiger partial charge in [-0.25, -0.2) is 9.97 Å². The summed E-state index contributed by atoms with van der Waals surface area (Å²) in [5.74, 6) is 2.92. The molecule has 2 atom stereocenters. The normalized spacial score (nSPS) is 23.2. The van der Waals surface area contributed by atoms with Gasteiger partial charge in [0.05, 0.1) is 36.0 Å². The van der Waals surface area contributed by atoms with E-state index in [-0.39, 0.29) is 0 Å². The standard InChI is InChI=1S/C20H23N5OS/c1-14-12-26-9-8-24(14)19-11-16(18-7-4-10-27-18)22-20(23-19)25-13-21-15-5-2-3-6-17(15)25/h2-3,5-6,11,13-14,18H,4,7-10,12H2,1H3. The lowest BCUT2D eigenvalue weighted by molar-refractivity contribution is 0.0985. The molecule has 0 spiro atoms. The molecule has 140 valence electrons. The molecule has 0 bridgehead atoms. The summed E-state index contributed by atoms with van der Waals surface area (Å²) in [4.78, 5) is 16.8. The third-order valence-electron chi connectivity index (χ3n) is 5.31. The molecule has 2 saturated heterocycles. The van der Waals surface area contributed by atoms with Crippen LogP contribution in [-0.4, -0.2) is 51.1 Å². The van der Waals surface area contributed by atoms with Crippen molar-refractivity contribution < 1.29 is 4.74 Å². The third-order valence-corrected chi connectivity index (χ3v) is 6.72. The van der Waals surface area contributed by atoms with Gasteiger partial charge in [0.1, 0.15) is 12.1 Å². The van der Waals surface area contributed by atoms with Crippen LogP contribution in [-0.2, 0) is 4.74 Å². The average molecular weight is 382 g/mol. The summed E-state index contributed by atoms with van der Waals surface area (Å²) in [6, 6.07) is 10.6. The van der Waals surface area contributed by atoms with Crippen LogP contribution in [0.4, 0.5) is 5.82 Å². The minimum Gasteiger partial charge on any atom is -0.377 e. The number of para-hydroxylation sites is 2. The molecule has 7 heteroatoms. The van der Waals surface area contributed by atoms with Gasteiger partial charge in [-0.2, -0.15) is 16.7 Å². The summed E-state index contributed by atoms with van der Waals surface area (Å²) in [5, 5.41) is 0.455. The van der Waals surface area contributed by atoms with E-state index in [1.54, 1.807) is 0 Å². The van der Waals surface area contributed by atoms with Crippen molar-refractivity contribution >= 4 is 28.6 Å². The number of anilines is 1. The third kappa shape index (κ3) is 3.19. The Labute approximate surface area is 163 Å². The molecular formula is C20H23N5OS. The molecule has 1 aromatic carbocycles. The van der Waals surface area contributed by atoms with Gasteiger partial charge in [-0.3, -0.25) is 4.57 Å². The van der Waals surface area contributed by atoms with E-state index < -0.39 is 0 Å². The van der Waals surface area contributed by atoms with E-state index in [1.807, 2.05) is 40.9 Å². The van der Waals surface area contributed by atoms with Gasteiger partial charge in [0.15, 0.2) is 0 Å². The van der Waals surface area contributed by atoms with Gasteiger partial charge in [-0.05, 0) is 37.7 Å². The molecule has 2 aromatic heterocycles. The highest BCUT2D eigenvalue weighted by Gasteiger charge is 2.25. The van der Waals surface area contributed by atoms with E-state index in [4.69, 9.17) is 14.7 Å². The molecule has 0 radical (unpaired) electrons. The molecule has 2 aliphatic heterocycles. The molecule has 4 heterocycles. The number of nitrogens with zero attached hydrogens (tertiary/aromatic N) is 5. The Kier molecular flexibility index (Phi) is 4.49. The predicted molar refractivity (Wildman–Crippen MR) is 109 cm³/mol. The van der Waals surface area contributed by atoms with Crippen molar-refractivity contribution in [2.75, 3.05) is 30.4 Å². The monoisotopic (exact) mass is 381 g/mol. The van der Waals surface area contributed by atoms with Crippen LogP contribution in [0.3, 0.4) is 0 Å². The number of benzene rings is 1. The fraction of sp³-hybridized carbons (Fsp3) is 0.450. The Balaban J connectivity index is 1.63. The first-order valence-corrected chi connectivity index (χ1v) is 10.6. The molecule has 0 N–H and O–H groups in total. The Morgan fingerprint density at radius 3 is 3.00 bits per heavy atom. The van der Waals surface area contributed by atoms with Crippen molar-refractivity contribution in [3.05, 3.63) is 42.4 Å². The van der Waals surface area contributed by atoms with Crippen LogP contribution in [0.1, 0.15) is 30.7 Å². The van der Waals surface area contributed by atoms with E-state index in [0.717, 1.165) is 42.3 Å². The SMILES string of the molecule is CC1COCCN1c1cc(C2CCCS2)nc(-n2cnc3ccccc32)n1. The molecule has 5 rings (SSSR count). The first kappa shape index (κ1) is 17.0. The quantitative estimate of drug-likeness (QED) is 0.691.